The SMILES string of the molecule is C1=CC(N2C3CC=C(C4=CC5c6cc(-c7ccccc7)ccc6N(C6C=CC7=C8C(=CCCC86)c6ccccc67)C5C=C4)C=C3C3C=CCCC32)=CCC1. The molecule has 3 aromatic rings. The Morgan fingerprint density at radius 3 is 2.41 bits per heavy atom. The quantitative estimate of drug-likeness (QED) is 0.250. The van der Waals surface area contributed by atoms with Crippen molar-refractivity contribution < 1.29 is 0 Å². The molecule has 0 spiro atoms. The monoisotopic (exact) mass is 698 g/mol. The van der Waals surface area contributed by atoms with Crippen LogP contribution in [0.5, 0.6) is 0 Å². The van der Waals surface area contributed by atoms with Gasteiger partial charge in [0.1, 0.15) is 0 Å². The van der Waals surface area contributed by atoms with Crippen molar-refractivity contribution in [2.75, 3.05) is 4.90 Å². The fraction of sp³-hybridized carbons (Fsp3) is 0.269. The van der Waals surface area contributed by atoms with Gasteiger partial charge in [-0.2, -0.15) is 0 Å². The maximum Gasteiger partial charge on any atom is 0.0587 e. The Morgan fingerprint density at radius 2 is 1.50 bits per heavy atom. The molecule has 9 aliphatic rings. The second-order valence-electron chi connectivity index (χ2n) is 16.7. The van der Waals surface area contributed by atoms with Gasteiger partial charge in [-0.1, -0.05) is 134 Å². The standard InChI is InChI=1S/C52H46N2/c1-3-12-33(13-4-1)34-22-27-50-45(30-34)46-32-36(35-23-26-49-44(31-35)40-18-9-10-21-47(40)53(49)37-14-5-2-6-15-37)24-28-51(46)54(50)48-29-25-42-39-17-8-7-16-38(39)41-19-11-20-43(48)52(41)42/h1,3-5,7-9,12-19,22-25,27-32,40,43,46-49,51H,2,6,10-11,20-21,26H2. The topological polar surface area (TPSA) is 6.48 Å². The highest BCUT2D eigenvalue weighted by Crippen LogP contribution is 2.56. The molecule has 2 nitrogen and oxygen atoms in total. The minimum atomic E-state index is 0.284. The molecular weight excluding hydrogens is 653 g/mol. The zero-order chi connectivity index (χ0) is 35.3. The van der Waals surface area contributed by atoms with Crippen LogP contribution in [0.1, 0.15) is 67.6 Å². The van der Waals surface area contributed by atoms with Crippen LogP contribution in [0, 0.1) is 11.8 Å². The van der Waals surface area contributed by atoms with E-state index in [1.807, 2.05) is 0 Å². The third-order valence-corrected chi connectivity index (χ3v) is 14.1. The van der Waals surface area contributed by atoms with Crippen LogP contribution < -0.4 is 4.90 Å². The molecular formula is C52H46N2. The normalized spacial score (nSPS) is 30.7. The average molecular weight is 699 g/mol. The molecule has 0 radical (unpaired) electrons. The van der Waals surface area contributed by atoms with Gasteiger partial charge in [0.05, 0.1) is 18.1 Å². The van der Waals surface area contributed by atoms with Crippen molar-refractivity contribution in [1.82, 2.24) is 4.90 Å². The van der Waals surface area contributed by atoms with Crippen molar-refractivity contribution in [3.05, 3.63) is 196 Å². The van der Waals surface area contributed by atoms with E-state index >= 15 is 0 Å². The van der Waals surface area contributed by atoms with Gasteiger partial charge in [-0.25, -0.2) is 0 Å². The highest BCUT2D eigenvalue weighted by molar-refractivity contribution is 6.04. The van der Waals surface area contributed by atoms with Crippen LogP contribution >= 0.6 is 0 Å². The fourth-order valence-corrected chi connectivity index (χ4v) is 11.8. The lowest BCUT2D eigenvalue weighted by Crippen LogP contribution is -2.46. The summed E-state index contributed by atoms with van der Waals surface area (Å²) in [5.74, 6) is 1.29. The Labute approximate surface area is 320 Å². The second kappa shape index (κ2) is 12.1. The molecule has 0 saturated carbocycles. The molecule has 0 aromatic heterocycles. The van der Waals surface area contributed by atoms with Crippen molar-refractivity contribution >= 4 is 16.8 Å². The predicted octanol–water partition coefficient (Wildman–Crippen LogP) is 11.8. The van der Waals surface area contributed by atoms with Gasteiger partial charge < -0.3 is 9.80 Å². The number of allylic oxidation sites excluding steroid dienone is 12. The molecule has 0 N–H and O–H groups in total. The van der Waals surface area contributed by atoms with E-state index in [-0.39, 0.29) is 6.04 Å². The molecule has 2 aliphatic heterocycles. The van der Waals surface area contributed by atoms with Crippen LogP contribution in [0.4, 0.5) is 5.69 Å². The number of rotatable bonds is 4. The van der Waals surface area contributed by atoms with Gasteiger partial charge in [-0.15, -0.1) is 0 Å². The van der Waals surface area contributed by atoms with Crippen LogP contribution in [0.15, 0.2) is 180 Å². The summed E-state index contributed by atoms with van der Waals surface area (Å²) in [5, 5.41) is 0. The van der Waals surface area contributed by atoms with E-state index in [1.54, 1.807) is 11.1 Å². The minimum Gasteiger partial charge on any atom is -0.361 e. The molecule has 2 heterocycles. The van der Waals surface area contributed by atoms with E-state index in [4.69, 9.17) is 0 Å². The molecule has 2 heteroatoms. The van der Waals surface area contributed by atoms with Crippen molar-refractivity contribution in [1.29, 1.82) is 0 Å². The average Bonchev–Trinajstić information content (AvgIpc) is 3.87. The summed E-state index contributed by atoms with van der Waals surface area (Å²) in [7, 11) is 0. The molecule has 7 aliphatic carbocycles. The lowest BCUT2D eigenvalue weighted by Gasteiger charge is -2.43. The van der Waals surface area contributed by atoms with Crippen LogP contribution in [-0.4, -0.2) is 29.1 Å². The summed E-state index contributed by atoms with van der Waals surface area (Å²) in [6, 6.07) is 29.0. The first-order chi connectivity index (χ1) is 26.8. The Bertz CT molecular complexity index is 2420. The van der Waals surface area contributed by atoms with Crippen molar-refractivity contribution in [3.63, 3.8) is 0 Å². The summed E-state index contributed by atoms with van der Waals surface area (Å²) in [4.78, 5) is 5.62. The minimum absolute atomic E-state index is 0.284. The lowest BCUT2D eigenvalue weighted by atomic mass is 9.74. The largest absolute Gasteiger partial charge is 0.361 e. The van der Waals surface area contributed by atoms with Gasteiger partial charge in [-0.05, 0) is 124 Å². The van der Waals surface area contributed by atoms with Gasteiger partial charge in [0.15, 0.2) is 0 Å². The maximum atomic E-state index is 2.82. The fourth-order valence-electron chi connectivity index (χ4n) is 11.8. The van der Waals surface area contributed by atoms with Gasteiger partial charge in [0.25, 0.3) is 0 Å². The smallest absolute Gasteiger partial charge is 0.0587 e. The van der Waals surface area contributed by atoms with E-state index in [1.165, 1.54) is 87.2 Å². The number of fused-ring (bicyclic) bond motifs is 9. The number of anilines is 1. The van der Waals surface area contributed by atoms with E-state index < -0.39 is 0 Å². The Hall–Kier alpha value is -5.34. The van der Waals surface area contributed by atoms with Gasteiger partial charge in [0, 0.05) is 35.2 Å². The van der Waals surface area contributed by atoms with Crippen molar-refractivity contribution in [2.24, 2.45) is 11.8 Å². The van der Waals surface area contributed by atoms with Gasteiger partial charge >= 0.3 is 0 Å². The van der Waals surface area contributed by atoms with Crippen LogP contribution in [0.3, 0.4) is 0 Å². The Kier molecular flexibility index (Phi) is 6.95. The predicted molar refractivity (Wildman–Crippen MR) is 224 cm³/mol. The van der Waals surface area contributed by atoms with E-state index in [9.17, 15) is 0 Å². The molecule has 7 unspecified atom stereocenters. The van der Waals surface area contributed by atoms with E-state index in [0.29, 0.717) is 35.9 Å². The van der Waals surface area contributed by atoms with Crippen molar-refractivity contribution in [2.45, 2.75) is 75.0 Å². The summed E-state index contributed by atoms with van der Waals surface area (Å²) in [5.41, 5.74) is 18.8. The number of hydrogen-bond acceptors (Lipinski definition) is 2. The Morgan fingerprint density at radius 1 is 0.611 bits per heavy atom. The number of nitrogens with zero attached hydrogens (tertiary/aromatic N) is 2. The van der Waals surface area contributed by atoms with Crippen LogP contribution in [0.25, 0.3) is 22.3 Å². The van der Waals surface area contributed by atoms with Crippen molar-refractivity contribution in [3.8, 4) is 11.1 Å². The molecule has 3 aromatic carbocycles. The number of hydrogen-bond donors (Lipinski definition) is 0. The summed E-state index contributed by atoms with van der Waals surface area (Å²) in [6.45, 7) is 0. The van der Waals surface area contributed by atoms with E-state index in [0.717, 1.165) is 19.3 Å². The van der Waals surface area contributed by atoms with E-state index in [2.05, 4.69) is 162 Å². The number of likely N-dealkylation sites (tertiary alicyclic amines) is 1. The zero-order valence-corrected chi connectivity index (χ0v) is 30.8. The second-order valence-corrected chi connectivity index (χ2v) is 16.7. The highest BCUT2D eigenvalue weighted by atomic mass is 15.2. The third kappa shape index (κ3) is 4.52. The lowest BCUT2D eigenvalue weighted by molar-refractivity contribution is 0.236. The molecule has 0 amide bonds. The highest BCUT2D eigenvalue weighted by Gasteiger charge is 2.48. The first kappa shape index (κ1) is 31.1. The summed E-state index contributed by atoms with van der Waals surface area (Å²) >= 11 is 0. The third-order valence-electron chi connectivity index (χ3n) is 14.1. The molecule has 264 valence electrons. The molecule has 0 bridgehead atoms. The first-order valence-corrected chi connectivity index (χ1v) is 20.6. The van der Waals surface area contributed by atoms with Gasteiger partial charge in [-0.3, -0.25) is 0 Å². The molecule has 1 saturated heterocycles. The molecule has 54 heavy (non-hydrogen) atoms. The summed E-state index contributed by atoms with van der Waals surface area (Å²) in [6.07, 6.45) is 40.8. The summed E-state index contributed by atoms with van der Waals surface area (Å²) < 4.78 is 0. The van der Waals surface area contributed by atoms with Crippen LogP contribution in [0.2, 0.25) is 0 Å². The molecule has 1 fully saturated rings. The molecule has 12 rings (SSSR count). The Balaban J connectivity index is 0.928. The van der Waals surface area contributed by atoms with Gasteiger partial charge in [0.2, 0.25) is 0 Å². The first-order valence-electron chi connectivity index (χ1n) is 20.6. The maximum absolute atomic E-state index is 2.82. The number of benzene rings is 3. The molecule has 7 atom stereocenters. The van der Waals surface area contributed by atoms with Crippen LogP contribution in [-0.2, 0) is 0 Å². The zero-order valence-electron chi connectivity index (χ0n) is 30.8.